The van der Waals surface area contributed by atoms with Gasteiger partial charge < -0.3 is 13.9 Å². The summed E-state index contributed by atoms with van der Waals surface area (Å²) in [5, 5.41) is 10.8. The number of nitrogens with zero attached hydrogens (tertiary/aromatic N) is 2. The molecule has 0 unspecified atom stereocenters. The molecule has 2 aromatic carbocycles. The zero-order valence-corrected chi connectivity index (χ0v) is 11.9. The predicted octanol–water partition coefficient (Wildman–Crippen LogP) is 3.42. The van der Waals surface area contributed by atoms with Gasteiger partial charge in [-0.3, -0.25) is 10.1 Å². The molecule has 0 N–H and O–H groups in total. The van der Waals surface area contributed by atoms with Crippen LogP contribution in [0.3, 0.4) is 0 Å². The van der Waals surface area contributed by atoms with Crippen LogP contribution in [0.2, 0.25) is 0 Å². The summed E-state index contributed by atoms with van der Waals surface area (Å²) < 4.78 is 16.1. The number of methoxy groups -OCH3 is 2. The minimum atomic E-state index is -0.477. The van der Waals surface area contributed by atoms with Crippen LogP contribution in [0.15, 0.2) is 40.8 Å². The van der Waals surface area contributed by atoms with E-state index in [0.29, 0.717) is 34.1 Å². The molecule has 0 saturated heterocycles. The molecule has 22 heavy (non-hydrogen) atoms. The minimum Gasteiger partial charge on any atom is -0.497 e. The van der Waals surface area contributed by atoms with E-state index in [1.807, 2.05) is 0 Å². The maximum atomic E-state index is 10.8. The topological polar surface area (TPSA) is 87.6 Å². The fourth-order valence-corrected chi connectivity index (χ4v) is 2.12. The van der Waals surface area contributed by atoms with Crippen molar-refractivity contribution in [3.05, 3.63) is 46.5 Å². The van der Waals surface area contributed by atoms with Crippen LogP contribution in [0.25, 0.3) is 22.6 Å². The second-order valence-corrected chi connectivity index (χ2v) is 4.49. The second-order valence-electron chi connectivity index (χ2n) is 4.49. The highest BCUT2D eigenvalue weighted by molar-refractivity contribution is 5.79. The Balaban J connectivity index is 2.12. The van der Waals surface area contributed by atoms with Crippen LogP contribution in [-0.2, 0) is 0 Å². The third-order valence-corrected chi connectivity index (χ3v) is 3.22. The zero-order chi connectivity index (χ0) is 15.7. The van der Waals surface area contributed by atoms with Gasteiger partial charge in [0, 0.05) is 12.1 Å². The largest absolute Gasteiger partial charge is 0.497 e. The third kappa shape index (κ3) is 2.32. The van der Waals surface area contributed by atoms with E-state index in [1.54, 1.807) is 31.4 Å². The molecule has 3 aromatic rings. The standard InChI is InChI=1S/C15H12N2O5/c1-20-10-4-5-11(13(8-10)21-2)15-16-12-6-3-9(17(18)19)7-14(12)22-15/h3-8H,1-2H3. The van der Waals surface area contributed by atoms with Crippen LogP contribution < -0.4 is 9.47 Å². The predicted molar refractivity (Wildman–Crippen MR) is 79.2 cm³/mol. The van der Waals surface area contributed by atoms with Gasteiger partial charge in [-0.25, -0.2) is 4.98 Å². The molecule has 0 aliphatic heterocycles. The second kappa shape index (κ2) is 5.36. The van der Waals surface area contributed by atoms with Gasteiger partial charge in [0.1, 0.15) is 17.0 Å². The van der Waals surface area contributed by atoms with E-state index in [1.165, 1.54) is 19.2 Å². The Bertz CT molecular complexity index is 856. The van der Waals surface area contributed by atoms with E-state index >= 15 is 0 Å². The van der Waals surface area contributed by atoms with E-state index in [-0.39, 0.29) is 5.69 Å². The molecule has 7 heteroatoms. The van der Waals surface area contributed by atoms with Gasteiger partial charge in [0.15, 0.2) is 5.58 Å². The summed E-state index contributed by atoms with van der Waals surface area (Å²) in [7, 11) is 3.10. The van der Waals surface area contributed by atoms with E-state index in [2.05, 4.69) is 4.98 Å². The molecular formula is C15H12N2O5. The lowest BCUT2D eigenvalue weighted by molar-refractivity contribution is -0.384. The van der Waals surface area contributed by atoms with Crippen LogP contribution in [0.4, 0.5) is 5.69 Å². The monoisotopic (exact) mass is 300 g/mol. The molecule has 0 fully saturated rings. The molecule has 1 heterocycles. The van der Waals surface area contributed by atoms with Gasteiger partial charge in [0.05, 0.1) is 30.8 Å². The first-order valence-electron chi connectivity index (χ1n) is 6.40. The third-order valence-electron chi connectivity index (χ3n) is 3.22. The molecule has 0 spiro atoms. The Labute approximate surface area is 125 Å². The number of hydrogen-bond donors (Lipinski definition) is 0. The fraction of sp³-hybridized carbons (Fsp3) is 0.133. The summed E-state index contributed by atoms with van der Waals surface area (Å²) in [5.74, 6) is 1.52. The highest BCUT2D eigenvalue weighted by Crippen LogP contribution is 2.35. The Morgan fingerprint density at radius 1 is 1.14 bits per heavy atom. The number of aromatic nitrogens is 1. The van der Waals surface area contributed by atoms with Gasteiger partial charge in [0.25, 0.3) is 5.69 Å². The number of nitro benzene ring substituents is 1. The molecule has 0 bridgehead atoms. The summed E-state index contributed by atoms with van der Waals surface area (Å²) in [6, 6.07) is 9.52. The van der Waals surface area contributed by atoms with Crippen molar-refractivity contribution in [2.24, 2.45) is 0 Å². The SMILES string of the molecule is COc1ccc(-c2nc3ccc([N+](=O)[O-])cc3o2)c(OC)c1. The lowest BCUT2D eigenvalue weighted by Crippen LogP contribution is -1.90. The number of benzene rings is 2. The number of fused-ring (bicyclic) bond motifs is 1. The van der Waals surface area contributed by atoms with Crippen molar-refractivity contribution in [2.45, 2.75) is 0 Å². The first-order chi connectivity index (χ1) is 10.6. The van der Waals surface area contributed by atoms with Crippen LogP contribution in [0, 0.1) is 10.1 Å². The molecular weight excluding hydrogens is 288 g/mol. The Morgan fingerprint density at radius 3 is 2.64 bits per heavy atom. The quantitative estimate of drug-likeness (QED) is 0.542. The molecule has 0 atom stereocenters. The molecule has 0 amide bonds. The number of ether oxygens (including phenoxy) is 2. The summed E-state index contributed by atoms with van der Waals surface area (Å²) in [5.41, 5.74) is 1.49. The number of rotatable bonds is 4. The van der Waals surface area contributed by atoms with Gasteiger partial charge in [-0.2, -0.15) is 0 Å². The maximum Gasteiger partial charge on any atom is 0.273 e. The average Bonchev–Trinajstić information content (AvgIpc) is 2.96. The van der Waals surface area contributed by atoms with Crippen molar-refractivity contribution in [2.75, 3.05) is 14.2 Å². The highest BCUT2D eigenvalue weighted by atomic mass is 16.6. The van der Waals surface area contributed by atoms with Gasteiger partial charge >= 0.3 is 0 Å². The van der Waals surface area contributed by atoms with Gasteiger partial charge in [-0.15, -0.1) is 0 Å². The number of nitro groups is 1. The first-order valence-corrected chi connectivity index (χ1v) is 6.40. The lowest BCUT2D eigenvalue weighted by Gasteiger charge is -2.07. The molecule has 7 nitrogen and oxygen atoms in total. The summed E-state index contributed by atoms with van der Waals surface area (Å²) >= 11 is 0. The number of non-ortho nitro benzene ring substituents is 1. The van der Waals surface area contributed by atoms with Gasteiger partial charge in [-0.05, 0) is 18.2 Å². The Kier molecular flexibility index (Phi) is 3.38. The Hall–Kier alpha value is -3.09. The summed E-state index contributed by atoms with van der Waals surface area (Å²) in [6.45, 7) is 0. The molecule has 0 aliphatic carbocycles. The van der Waals surface area contributed by atoms with Crippen molar-refractivity contribution < 1.29 is 18.8 Å². The molecule has 112 valence electrons. The van der Waals surface area contributed by atoms with Gasteiger partial charge in [-0.1, -0.05) is 0 Å². The fourth-order valence-electron chi connectivity index (χ4n) is 2.12. The van der Waals surface area contributed by atoms with Crippen LogP contribution in [0.1, 0.15) is 0 Å². The van der Waals surface area contributed by atoms with Crippen molar-refractivity contribution >= 4 is 16.8 Å². The molecule has 0 radical (unpaired) electrons. The molecule has 0 saturated carbocycles. The average molecular weight is 300 g/mol. The molecule has 0 aliphatic rings. The highest BCUT2D eigenvalue weighted by Gasteiger charge is 2.16. The van der Waals surface area contributed by atoms with Crippen LogP contribution >= 0.6 is 0 Å². The van der Waals surface area contributed by atoms with Crippen molar-refractivity contribution in [3.63, 3.8) is 0 Å². The zero-order valence-electron chi connectivity index (χ0n) is 11.9. The Morgan fingerprint density at radius 2 is 1.95 bits per heavy atom. The normalized spacial score (nSPS) is 10.6. The van der Waals surface area contributed by atoms with E-state index in [9.17, 15) is 10.1 Å². The van der Waals surface area contributed by atoms with Crippen LogP contribution in [0.5, 0.6) is 11.5 Å². The lowest BCUT2D eigenvalue weighted by atomic mass is 10.2. The van der Waals surface area contributed by atoms with E-state index < -0.39 is 4.92 Å². The summed E-state index contributed by atoms with van der Waals surface area (Å²) in [4.78, 5) is 14.7. The summed E-state index contributed by atoms with van der Waals surface area (Å²) in [6.07, 6.45) is 0. The van der Waals surface area contributed by atoms with Crippen molar-refractivity contribution in [1.29, 1.82) is 0 Å². The van der Waals surface area contributed by atoms with Crippen molar-refractivity contribution in [1.82, 2.24) is 4.98 Å². The van der Waals surface area contributed by atoms with Crippen LogP contribution in [-0.4, -0.2) is 24.1 Å². The molecule has 3 rings (SSSR count). The number of hydrogen-bond acceptors (Lipinski definition) is 6. The van der Waals surface area contributed by atoms with E-state index in [4.69, 9.17) is 13.9 Å². The van der Waals surface area contributed by atoms with Crippen molar-refractivity contribution in [3.8, 4) is 23.0 Å². The minimum absolute atomic E-state index is 0.0445. The first kappa shape index (κ1) is 13.9. The number of oxazole rings is 1. The van der Waals surface area contributed by atoms with E-state index in [0.717, 1.165) is 0 Å². The maximum absolute atomic E-state index is 10.8. The smallest absolute Gasteiger partial charge is 0.273 e. The van der Waals surface area contributed by atoms with Gasteiger partial charge in [0.2, 0.25) is 5.89 Å². The molecule has 1 aromatic heterocycles.